The Bertz CT molecular complexity index is 788. The first-order valence-electron chi connectivity index (χ1n) is 5.71. The summed E-state index contributed by atoms with van der Waals surface area (Å²) in [6.07, 6.45) is 0. The molecule has 0 spiro atoms. The van der Waals surface area contributed by atoms with Crippen molar-refractivity contribution < 1.29 is 18.3 Å². The summed E-state index contributed by atoms with van der Waals surface area (Å²) < 4.78 is 27.7. The maximum Gasteiger partial charge on any atom is 0.335 e. The largest absolute Gasteiger partial charge is 0.478 e. The summed E-state index contributed by atoms with van der Waals surface area (Å²) in [6.45, 7) is 0. The van der Waals surface area contributed by atoms with Crippen molar-refractivity contribution in [2.45, 2.75) is 4.90 Å². The van der Waals surface area contributed by atoms with E-state index < -0.39 is 16.0 Å². The van der Waals surface area contributed by atoms with Gasteiger partial charge < -0.3 is 10.8 Å². The number of nitrogen functional groups attached to an aromatic ring is 1. The van der Waals surface area contributed by atoms with Crippen molar-refractivity contribution in [1.82, 2.24) is 0 Å². The average Bonchev–Trinajstić information content (AvgIpc) is 2.40. The summed E-state index contributed by atoms with van der Waals surface area (Å²) in [5, 5.41) is 8.84. The van der Waals surface area contributed by atoms with Crippen LogP contribution in [0, 0.1) is 0 Å². The highest BCUT2D eigenvalue weighted by Gasteiger charge is 2.19. The predicted molar refractivity (Wildman–Crippen MR) is 82.8 cm³/mol. The molecule has 2 aromatic carbocycles. The molecule has 0 heterocycles. The van der Waals surface area contributed by atoms with Crippen molar-refractivity contribution in [3.05, 3.63) is 52.5 Å². The normalized spacial score (nSPS) is 11.1. The van der Waals surface area contributed by atoms with Crippen molar-refractivity contribution in [2.24, 2.45) is 0 Å². The quantitative estimate of drug-likeness (QED) is 0.716. The van der Waals surface area contributed by atoms with Gasteiger partial charge in [-0.05, 0) is 42.5 Å². The molecule has 0 unspecified atom stereocenters. The Morgan fingerprint density at radius 3 is 2.29 bits per heavy atom. The fourth-order valence-electron chi connectivity index (χ4n) is 1.65. The van der Waals surface area contributed by atoms with E-state index in [0.717, 1.165) is 10.5 Å². The SMILES string of the molecule is Nc1cc(C(=O)O)ccc1S(=O)(=O)Nc1ccc(Br)cc1. The van der Waals surface area contributed by atoms with Crippen LogP contribution in [-0.4, -0.2) is 19.5 Å². The number of rotatable bonds is 4. The van der Waals surface area contributed by atoms with E-state index in [9.17, 15) is 13.2 Å². The van der Waals surface area contributed by atoms with Crippen LogP contribution < -0.4 is 10.5 Å². The molecular formula is C13H11BrN2O4S. The van der Waals surface area contributed by atoms with Gasteiger partial charge in [0, 0.05) is 10.2 Å². The Kier molecular flexibility index (Phi) is 4.19. The van der Waals surface area contributed by atoms with Gasteiger partial charge in [0.15, 0.2) is 0 Å². The third kappa shape index (κ3) is 3.53. The standard InChI is InChI=1S/C13H11BrN2O4S/c14-9-2-4-10(5-3-9)16-21(19,20)12-6-1-8(13(17)18)7-11(12)15/h1-7,16H,15H2,(H,17,18). The van der Waals surface area contributed by atoms with Gasteiger partial charge >= 0.3 is 5.97 Å². The molecule has 2 rings (SSSR count). The molecule has 0 aliphatic rings. The van der Waals surface area contributed by atoms with Gasteiger partial charge in [-0.15, -0.1) is 0 Å². The van der Waals surface area contributed by atoms with Crippen LogP contribution in [0.3, 0.4) is 0 Å². The number of benzene rings is 2. The van der Waals surface area contributed by atoms with Gasteiger partial charge in [-0.2, -0.15) is 0 Å². The van der Waals surface area contributed by atoms with E-state index in [4.69, 9.17) is 10.8 Å². The van der Waals surface area contributed by atoms with Gasteiger partial charge in [0.25, 0.3) is 10.0 Å². The first kappa shape index (κ1) is 15.3. The summed E-state index contributed by atoms with van der Waals surface area (Å²) in [4.78, 5) is 10.6. The molecule has 0 radical (unpaired) electrons. The van der Waals surface area contributed by atoms with Crippen LogP contribution in [0.25, 0.3) is 0 Å². The van der Waals surface area contributed by atoms with Gasteiger partial charge in [-0.3, -0.25) is 4.72 Å². The molecule has 110 valence electrons. The van der Waals surface area contributed by atoms with Crippen molar-refractivity contribution in [3.63, 3.8) is 0 Å². The number of nitrogens with one attached hydrogen (secondary N) is 1. The van der Waals surface area contributed by atoms with Crippen LogP contribution in [0.5, 0.6) is 0 Å². The van der Waals surface area contributed by atoms with Crippen LogP contribution in [0.4, 0.5) is 11.4 Å². The molecule has 0 aliphatic carbocycles. The van der Waals surface area contributed by atoms with Crippen LogP contribution in [0.1, 0.15) is 10.4 Å². The van der Waals surface area contributed by atoms with Crippen LogP contribution >= 0.6 is 15.9 Å². The van der Waals surface area contributed by atoms with Gasteiger partial charge in [-0.1, -0.05) is 15.9 Å². The van der Waals surface area contributed by atoms with E-state index in [1.165, 1.54) is 12.1 Å². The van der Waals surface area contributed by atoms with E-state index in [1.807, 2.05) is 0 Å². The maximum atomic E-state index is 12.2. The number of carbonyl (C=O) groups is 1. The Hall–Kier alpha value is -2.06. The zero-order valence-electron chi connectivity index (χ0n) is 10.6. The molecule has 4 N–H and O–H groups in total. The lowest BCUT2D eigenvalue weighted by Gasteiger charge is -2.10. The Morgan fingerprint density at radius 2 is 1.76 bits per heavy atom. The summed E-state index contributed by atoms with van der Waals surface area (Å²) in [5.41, 5.74) is 5.81. The second-order valence-electron chi connectivity index (χ2n) is 4.17. The molecule has 8 heteroatoms. The summed E-state index contributed by atoms with van der Waals surface area (Å²) in [7, 11) is -3.88. The number of aromatic carboxylic acids is 1. The summed E-state index contributed by atoms with van der Waals surface area (Å²) in [5.74, 6) is -1.17. The Morgan fingerprint density at radius 1 is 1.14 bits per heavy atom. The zero-order valence-corrected chi connectivity index (χ0v) is 13.0. The average molecular weight is 371 g/mol. The number of carboxylic acids is 1. The van der Waals surface area contributed by atoms with Crippen molar-refractivity contribution in [1.29, 1.82) is 0 Å². The molecule has 0 saturated heterocycles. The lowest BCUT2D eigenvalue weighted by atomic mass is 10.2. The minimum absolute atomic E-state index is 0.0740. The van der Waals surface area contributed by atoms with Gasteiger partial charge in [-0.25, -0.2) is 13.2 Å². The molecular weight excluding hydrogens is 360 g/mol. The highest BCUT2D eigenvalue weighted by molar-refractivity contribution is 9.10. The number of nitrogens with two attached hydrogens (primary N) is 1. The number of sulfonamides is 1. The third-order valence-corrected chi connectivity index (χ3v) is 4.63. The van der Waals surface area contributed by atoms with E-state index in [2.05, 4.69) is 20.7 Å². The monoisotopic (exact) mass is 370 g/mol. The van der Waals surface area contributed by atoms with E-state index in [0.29, 0.717) is 5.69 Å². The highest BCUT2D eigenvalue weighted by Crippen LogP contribution is 2.23. The number of hydrogen-bond donors (Lipinski definition) is 3. The summed E-state index contributed by atoms with van der Waals surface area (Å²) in [6, 6.07) is 10.0. The molecule has 6 nitrogen and oxygen atoms in total. The smallest absolute Gasteiger partial charge is 0.335 e. The van der Waals surface area contributed by atoms with Gasteiger partial charge in [0.1, 0.15) is 4.90 Å². The van der Waals surface area contributed by atoms with Crippen molar-refractivity contribution in [3.8, 4) is 0 Å². The molecule has 0 atom stereocenters. The molecule has 2 aromatic rings. The molecule has 0 aromatic heterocycles. The molecule has 0 bridgehead atoms. The number of anilines is 2. The predicted octanol–water partition coefficient (Wildman–Crippen LogP) is 2.53. The first-order valence-corrected chi connectivity index (χ1v) is 7.98. The molecule has 21 heavy (non-hydrogen) atoms. The van der Waals surface area contributed by atoms with Crippen molar-refractivity contribution >= 4 is 43.3 Å². The van der Waals surface area contributed by atoms with E-state index in [1.54, 1.807) is 24.3 Å². The Labute approximate surface area is 129 Å². The number of halogens is 1. The van der Waals surface area contributed by atoms with Gasteiger partial charge in [0.05, 0.1) is 11.3 Å². The van der Waals surface area contributed by atoms with Gasteiger partial charge in [0.2, 0.25) is 0 Å². The fourth-order valence-corrected chi connectivity index (χ4v) is 3.09. The number of carboxylic acid groups (broad SMARTS) is 1. The molecule has 0 saturated carbocycles. The highest BCUT2D eigenvalue weighted by atomic mass is 79.9. The number of hydrogen-bond acceptors (Lipinski definition) is 4. The van der Waals surface area contributed by atoms with Crippen LogP contribution in [-0.2, 0) is 10.0 Å². The minimum Gasteiger partial charge on any atom is -0.478 e. The third-order valence-electron chi connectivity index (χ3n) is 2.64. The van der Waals surface area contributed by atoms with E-state index in [-0.39, 0.29) is 16.1 Å². The molecule has 0 fully saturated rings. The van der Waals surface area contributed by atoms with Crippen LogP contribution in [0.15, 0.2) is 51.8 Å². The second-order valence-corrected chi connectivity index (χ2v) is 6.74. The minimum atomic E-state index is -3.88. The maximum absolute atomic E-state index is 12.2. The fraction of sp³-hybridized carbons (Fsp3) is 0. The molecule has 0 amide bonds. The lowest BCUT2D eigenvalue weighted by molar-refractivity contribution is 0.0697. The first-order chi connectivity index (χ1) is 9.79. The molecule has 0 aliphatic heterocycles. The van der Waals surface area contributed by atoms with Crippen molar-refractivity contribution in [2.75, 3.05) is 10.5 Å². The summed E-state index contributed by atoms with van der Waals surface area (Å²) >= 11 is 3.25. The van der Waals surface area contributed by atoms with Crippen LogP contribution in [0.2, 0.25) is 0 Å². The lowest BCUT2D eigenvalue weighted by Crippen LogP contribution is -2.15. The van der Waals surface area contributed by atoms with E-state index >= 15 is 0 Å². The second kappa shape index (κ2) is 5.74. The zero-order chi connectivity index (χ0) is 15.6. The Balaban J connectivity index is 2.35. The topological polar surface area (TPSA) is 109 Å².